The molecule has 2 heterocycles. The summed E-state index contributed by atoms with van der Waals surface area (Å²) >= 11 is 1.26. The van der Waals surface area contributed by atoms with Gasteiger partial charge in [-0.3, -0.25) is 0 Å². The molecule has 0 aromatic carbocycles. The van der Waals surface area contributed by atoms with Crippen molar-refractivity contribution in [3.63, 3.8) is 0 Å². The van der Waals surface area contributed by atoms with Gasteiger partial charge in [0, 0.05) is 13.1 Å². The monoisotopic (exact) mass is 237 g/mol. The molecule has 6 heteroatoms. The van der Waals surface area contributed by atoms with E-state index in [1.807, 2.05) is 0 Å². The van der Waals surface area contributed by atoms with Crippen LogP contribution in [0.3, 0.4) is 0 Å². The van der Waals surface area contributed by atoms with Gasteiger partial charge in [0.1, 0.15) is 16.6 Å². The van der Waals surface area contributed by atoms with Crippen LogP contribution in [0.15, 0.2) is 0 Å². The Morgan fingerprint density at radius 1 is 1.75 bits per heavy atom. The van der Waals surface area contributed by atoms with E-state index in [-0.39, 0.29) is 0 Å². The average Bonchev–Trinajstić information content (AvgIpc) is 2.82. The summed E-state index contributed by atoms with van der Waals surface area (Å²) in [5.74, 6) is 0.985. The lowest BCUT2D eigenvalue weighted by Crippen LogP contribution is -2.19. The van der Waals surface area contributed by atoms with Crippen molar-refractivity contribution in [3.05, 3.63) is 5.56 Å². The van der Waals surface area contributed by atoms with Crippen LogP contribution in [-0.2, 0) is 0 Å². The van der Waals surface area contributed by atoms with Gasteiger partial charge in [-0.2, -0.15) is 9.64 Å². The van der Waals surface area contributed by atoms with Crippen LogP contribution in [0.1, 0.15) is 12.0 Å². The highest BCUT2D eigenvalue weighted by atomic mass is 32.1. The fourth-order valence-electron chi connectivity index (χ4n) is 1.96. The fourth-order valence-corrected chi connectivity index (χ4v) is 2.63. The van der Waals surface area contributed by atoms with Gasteiger partial charge < -0.3 is 16.0 Å². The van der Waals surface area contributed by atoms with E-state index in [1.54, 1.807) is 0 Å². The Morgan fingerprint density at radius 2 is 2.56 bits per heavy atom. The molecule has 0 saturated carbocycles. The van der Waals surface area contributed by atoms with Crippen LogP contribution in [-0.4, -0.2) is 36.0 Å². The molecule has 1 saturated heterocycles. The number of nitriles is 1. The van der Waals surface area contributed by atoms with E-state index in [9.17, 15) is 0 Å². The Bertz CT molecular complexity index is 408. The Balaban J connectivity index is 1.92. The molecule has 1 aromatic rings. The molecule has 2 rings (SSSR count). The molecule has 0 amide bonds. The van der Waals surface area contributed by atoms with Crippen LogP contribution < -0.4 is 11.1 Å². The van der Waals surface area contributed by atoms with Crippen LogP contribution in [0.4, 0.5) is 10.8 Å². The summed E-state index contributed by atoms with van der Waals surface area (Å²) in [4.78, 5) is 2.32. The van der Waals surface area contributed by atoms with Gasteiger partial charge in [0.15, 0.2) is 5.82 Å². The molecule has 86 valence electrons. The van der Waals surface area contributed by atoms with E-state index in [2.05, 4.69) is 27.7 Å². The van der Waals surface area contributed by atoms with Crippen molar-refractivity contribution in [3.8, 4) is 6.07 Å². The van der Waals surface area contributed by atoms with Crippen LogP contribution in [0.25, 0.3) is 0 Å². The van der Waals surface area contributed by atoms with Crippen molar-refractivity contribution in [2.75, 3.05) is 37.7 Å². The number of nitrogen functional groups attached to an aromatic ring is 1. The minimum atomic E-state index is 0.332. The number of anilines is 2. The first kappa shape index (κ1) is 11.2. The quantitative estimate of drug-likeness (QED) is 0.818. The minimum absolute atomic E-state index is 0.332. The second-order valence-corrected chi connectivity index (χ2v) is 4.95. The molecule has 1 unspecified atom stereocenters. The zero-order chi connectivity index (χ0) is 11.5. The first-order valence-corrected chi connectivity index (χ1v) is 6.05. The molecule has 1 fully saturated rings. The van der Waals surface area contributed by atoms with E-state index in [4.69, 9.17) is 11.0 Å². The molecule has 1 aliphatic rings. The smallest absolute Gasteiger partial charge is 0.157 e. The summed E-state index contributed by atoms with van der Waals surface area (Å²) < 4.78 is 3.97. The lowest BCUT2D eigenvalue weighted by atomic mass is 10.1. The molecule has 0 spiro atoms. The molecular formula is C10H15N5S. The van der Waals surface area contributed by atoms with Gasteiger partial charge >= 0.3 is 0 Å². The molecule has 1 aromatic heterocycles. The normalized spacial score (nSPS) is 20.9. The first-order valence-electron chi connectivity index (χ1n) is 5.28. The van der Waals surface area contributed by atoms with E-state index < -0.39 is 0 Å². The number of aromatic nitrogens is 1. The Morgan fingerprint density at radius 3 is 3.19 bits per heavy atom. The molecule has 3 N–H and O–H groups in total. The summed E-state index contributed by atoms with van der Waals surface area (Å²) in [5, 5.41) is 13.0. The largest absolute Gasteiger partial charge is 0.382 e. The number of nitrogens with two attached hydrogens (primary N) is 1. The van der Waals surface area contributed by atoms with Gasteiger partial charge in [-0.15, -0.1) is 0 Å². The third kappa shape index (κ3) is 2.26. The number of likely N-dealkylation sites (tertiary alicyclic amines) is 1. The van der Waals surface area contributed by atoms with E-state index in [0.29, 0.717) is 17.3 Å². The zero-order valence-electron chi connectivity index (χ0n) is 9.23. The van der Waals surface area contributed by atoms with Crippen LogP contribution in [0.2, 0.25) is 0 Å². The van der Waals surface area contributed by atoms with Gasteiger partial charge in [0.05, 0.1) is 0 Å². The predicted molar refractivity (Wildman–Crippen MR) is 65.3 cm³/mol. The van der Waals surface area contributed by atoms with Gasteiger partial charge in [0.25, 0.3) is 0 Å². The Kier molecular flexibility index (Phi) is 3.27. The second-order valence-electron chi connectivity index (χ2n) is 4.18. The molecule has 0 bridgehead atoms. The van der Waals surface area contributed by atoms with Gasteiger partial charge in [-0.1, -0.05) is 0 Å². The highest BCUT2D eigenvalue weighted by Crippen LogP contribution is 2.26. The topological polar surface area (TPSA) is 78.0 Å². The fraction of sp³-hybridized carbons (Fsp3) is 0.600. The lowest BCUT2D eigenvalue weighted by molar-refractivity contribution is 0.399. The number of nitrogens with zero attached hydrogens (tertiary/aromatic N) is 3. The van der Waals surface area contributed by atoms with Crippen molar-refractivity contribution in [1.82, 2.24) is 9.27 Å². The molecular weight excluding hydrogens is 222 g/mol. The highest BCUT2D eigenvalue weighted by molar-refractivity contribution is 7.10. The zero-order valence-corrected chi connectivity index (χ0v) is 10.0. The second kappa shape index (κ2) is 4.68. The Hall–Kier alpha value is -1.32. The summed E-state index contributed by atoms with van der Waals surface area (Å²) in [6.07, 6.45) is 1.21. The Labute approximate surface area is 99.0 Å². The molecule has 0 radical (unpaired) electrons. The number of hydrogen-bond acceptors (Lipinski definition) is 6. The van der Waals surface area contributed by atoms with Crippen molar-refractivity contribution < 1.29 is 0 Å². The average molecular weight is 237 g/mol. The maximum absolute atomic E-state index is 8.91. The minimum Gasteiger partial charge on any atom is -0.382 e. The molecule has 0 aliphatic carbocycles. The molecule has 1 aliphatic heterocycles. The first-order chi connectivity index (χ1) is 7.70. The molecule has 5 nitrogen and oxygen atoms in total. The maximum atomic E-state index is 8.91. The maximum Gasteiger partial charge on any atom is 0.157 e. The summed E-state index contributed by atoms with van der Waals surface area (Å²) in [6.45, 7) is 3.16. The van der Waals surface area contributed by atoms with Gasteiger partial charge in [0.2, 0.25) is 0 Å². The third-order valence-corrected chi connectivity index (χ3v) is 3.69. The number of rotatable bonds is 3. The standard InChI is InChI=1S/C10H15N5S/c1-15-3-2-7(6-15)5-13-10-8(4-11)9(12)14-16-10/h7,13H,2-3,5-6H2,1H3,(H2,12,14). The van der Waals surface area contributed by atoms with Crippen LogP contribution >= 0.6 is 11.5 Å². The van der Waals surface area contributed by atoms with Gasteiger partial charge in [-0.25, -0.2) is 0 Å². The lowest BCUT2D eigenvalue weighted by Gasteiger charge is -2.11. The van der Waals surface area contributed by atoms with E-state index in [0.717, 1.165) is 24.6 Å². The third-order valence-electron chi connectivity index (χ3n) is 2.87. The van der Waals surface area contributed by atoms with Crippen molar-refractivity contribution in [2.24, 2.45) is 5.92 Å². The van der Waals surface area contributed by atoms with Crippen molar-refractivity contribution in [1.29, 1.82) is 5.26 Å². The van der Waals surface area contributed by atoms with E-state index in [1.165, 1.54) is 18.0 Å². The van der Waals surface area contributed by atoms with Crippen LogP contribution in [0, 0.1) is 17.2 Å². The van der Waals surface area contributed by atoms with Crippen LogP contribution in [0.5, 0.6) is 0 Å². The predicted octanol–water partition coefficient (Wildman–Crippen LogP) is 0.961. The van der Waals surface area contributed by atoms with Gasteiger partial charge in [-0.05, 0) is 37.5 Å². The highest BCUT2D eigenvalue weighted by Gasteiger charge is 2.20. The van der Waals surface area contributed by atoms with E-state index >= 15 is 0 Å². The van der Waals surface area contributed by atoms with Crippen molar-refractivity contribution >= 4 is 22.4 Å². The summed E-state index contributed by atoms with van der Waals surface area (Å²) in [7, 11) is 2.13. The number of nitrogens with one attached hydrogen (secondary N) is 1. The number of hydrogen-bond donors (Lipinski definition) is 2. The summed E-state index contributed by atoms with van der Waals surface area (Å²) in [6, 6.07) is 2.08. The van der Waals surface area contributed by atoms with Crippen molar-refractivity contribution in [2.45, 2.75) is 6.42 Å². The SMILES string of the molecule is CN1CCC(CNc2snc(N)c2C#N)C1. The molecule has 1 atom stereocenters. The summed E-state index contributed by atoms with van der Waals surface area (Å²) in [5.41, 5.74) is 6.07. The molecule has 16 heavy (non-hydrogen) atoms.